The summed E-state index contributed by atoms with van der Waals surface area (Å²) in [5.74, 6) is 2.07. The van der Waals surface area contributed by atoms with Crippen molar-refractivity contribution < 1.29 is 4.52 Å². The van der Waals surface area contributed by atoms with Crippen molar-refractivity contribution >= 4 is 33.3 Å². The average molecular weight is 347 g/mol. The van der Waals surface area contributed by atoms with Crippen LogP contribution in [-0.4, -0.2) is 46.7 Å². The minimum Gasteiger partial charge on any atom is -0.338 e. The Balaban J connectivity index is 1.43. The first-order valence-corrected chi connectivity index (χ1v) is 9.31. The van der Waals surface area contributed by atoms with E-state index in [-0.39, 0.29) is 6.04 Å². The number of fused-ring (bicyclic) bond motifs is 1. The second kappa shape index (κ2) is 6.56. The highest BCUT2D eigenvalue weighted by atomic mass is 32.2. The van der Waals surface area contributed by atoms with Crippen molar-refractivity contribution in [1.29, 1.82) is 0 Å². The van der Waals surface area contributed by atoms with Crippen LogP contribution in [0, 0.1) is 0 Å². The maximum Gasteiger partial charge on any atom is 0.237 e. The van der Waals surface area contributed by atoms with Crippen molar-refractivity contribution in [3.05, 3.63) is 36.0 Å². The molecule has 0 bridgehead atoms. The molecule has 1 aliphatic heterocycles. The third kappa shape index (κ3) is 3.25. The second-order valence-corrected chi connectivity index (χ2v) is 7.74. The van der Waals surface area contributed by atoms with Crippen molar-refractivity contribution in [2.45, 2.75) is 16.1 Å². The van der Waals surface area contributed by atoms with Crippen molar-refractivity contribution in [2.24, 2.45) is 0 Å². The Morgan fingerprint density at radius 2 is 2.30 bits per heavy atom. The monoisotopic (exact) mass is 347 g/mol. The maximum absolute atomic E-state index is 5.40. The zero-order valence-corrected chi connectivity index (χ0v) is 14.4. The lowest BCUT2D eigenvalue weighted by atomic mass is 10.2. The third-order valence-corrected chi connectivity index (χ3v) is 6.05. The van der Waals surface area contributed by atoms with Crippen LogP contribution in [0.3, 0.4) is 0 Å². The zero-order chi connectivity index (χ0) is 15.6. The molecule has 23 heavy (non-hydrogen) atoms. The molecule has 1 fully saturated rings. The lowest BCUT2D eigenvalue weighted by Crippen LogP contribution is -2.44. The topological polar surface area (TPSA) is 67.1 Å². The molecule has 1 aromatic carbocycles. The Kier molecular flexibility index (Phi) is 4.30. The quantitative estimate of drug-likeness (QED) is 0.728. The van der Waals surface area contributed by atoms with Gasteiger partial charge in [0.05, 0.1) is 22.0 Å². The summed E-state index contributed by atoms with van der Waals surface area (Å²) in [6.07, 6.45) is 0. The van der Waals surface area contributed by atoms with Crippen LogP contribution in [0.1, 0.15) is 17.8 Å². The summed E-state index contributed by atoms with van der Waals surface area (Å²) in [4.78, 5) is 11.4. The molecule has 8 heteroatoms. The molecule has 1 saturated heterocycles. The molecule has 0 saturated carbocycles. The Bertz CT molecular complexity index is 769. The summed E-state index contributed by atoms with van der Waals surface area (Å²) in [7, 11) is 2.09. The fourth-order valence-corrected chi connectivity index (χ4v) is 4.50. The number of thiazole rings is 1. The Hall–Kier alpha value is -1.48. The first-order chi connectivity index (χ1) is 11.3. The van der Waals surface area contributed by atoms with Gasteiger partial charge in [0.2, 0.25) is 5.89 Å². The van der Waals surface area contributed by atoms with Gasteiger partial charge < -0.3 is 9.84 Å². The fraction of sp³-hybridized carbons (Fsp3) is 0.400. The standard InChI is InChI=1S/C15H17N5OS2/c1-20-7-6-16-8-11(20)14-18-13(21-19-14)9-22-15-17-10-4-2-3-5-12(10)23-15/h2-5,11,16H,6-9H2,1H3. The van der Waals surface area contributed by atoms with E-state index in [1.165, 1.54) is 4.70 Å². The first-order valence-electron chi connectivity index (χ1n) is 7.51. The molecule has 2 aromatic heterocycles. The molecule has 0 amide bonds. The highest BCUT2D eigenvalue weighted by Crippen LogP contribution is 2.31. The number of rotatable bonds is 4. The average Bonchev–Trinajstić information content (AvgIpc) is 3.19. The minimum absolute atomic E-state index is 0.189. The molecule has 1 atom stereocenters. The minimum atomic E-state index is 0.189. The van der Waals surface area contributed by atoms with E-state index in [4.69, 9.17) is 4.52 Å². The SMILES string of the molecule is CN1CCNCC1c1noc(CSc2nc3ccccc3s2)n1. The zero-order valence-electron chi connectivity index (χ0n) is 12.7. The van der Waals surface area contributed by atoms with E-state index in [0.29, 0.717) is 11.6 Å². The van der Waals surface area contributed by atoms with E-state index in [2.05, 4.69) is 38.5 Å². The molecule has 0 radical (unpaired) electrons. The molecule has 0 aliphatic carbocycles. The summed E-state index contributed by atoms with van der Waals surface area (Å²) in [5, 5.41) is 7.52. The molecular formula is C15H17N5OS2. The first kappa shape index (κ1) is 15.1. The predicted molar refractivity (Wildman–Crippen MR) is 91.7 cm³/mol. The van der Waals surface area contributed by atoms with Crippen LogP contribution in [0.25, 0.3) is 10.2 Å². The molecule has 1 unspecified atom stereocenters. The van der Waals surface area contributed by atoms with Crippen molar-refractivity contribution in [2.75, 3.05) is 26.7 Å². The normalized spacial score (nSPS) is 19.4. The van der Waals surface area contributed by atoms with Gasteiger partial charge in [-0.2, -0.15) is 4.98 Å². The van der Waals surface area contributed by atoms with Gasteiger partial charge in [0.25, 0.3) is 0 Å². The lowest BCUT2D eigenvalue weighted by molar-refractivity contribution is 0.190. The number of likely N-dealkylation sites (N-methyl/N-ethyl adjacent to an activating group) is 1. The molecule has 120 valence electrons. The number of para-hydroxylation sites is 1. The smallest absolute Gasteiger partial charge is 0.237 e. The van der Waals surface area contributed by atoms with E-state index >= 15 is 0 Å². The molecule has 6 nitrogen and oxygen atoms in total. The van der Waals surface area contributed by atoms with Crippen molar-refractivity contribution in [3.63, 3.8) is 0 Å². The van der Waals surface area contributed by atoms with Gasteiger partial charge in [-0.25, -0.2) is 4.98 Å². The van der Waals surface area contributed by atoms with Gasteiger partial charge in [-0.1, -0.05) is 29.1 Å². The van der Waals surface area contributed by atoms with Gasteiger partial charge in [-0.15, -0.1) is 11.3 Å². The lowest BCUT2D eigenvalue weighted by Gasteiger charge is -2.30. The molecular weight excluding hydrogens is 330 g/mol. The predicted octanol–water partition coefficient (Wildman–Crippen LogP) is 2.55. The van der Waals surface area contributed by atoms with Crippen LogP contribution in [0.15, 0.2) is 33.1 Å². The Morgan fingerprint density at radius 1 is 1.39 bits per heavy atom. The van der Waals surface area contributed by atoms with E-state index in [0.717, 1.165) is 35.3 Å². The number of thioether (sulfide) groups is 1. The van der Waals surface area contributed by atoms with E-state index in [9.17, 15) is 0 Å². The van der Waals surface area contributed by atoms with Crippen molar-refractivity contribution in [3.8, 4) is 0 Å². The van der Waals surface area contributed by atoms with Crippen molar-refractivity contribution in [1.82, 2.24) is 25.3 Å². The number of aromatic nitrogens is 3. The number of nitrogens with one attached hydrogen (secondary N) is 1. The van der Waals surface area contributed by atoms with Gasteiger partial charge in [-0.05, 0) is 19.2 Å². The van der Waals surface area contributed by atoms with Gasteiger partial charge in [0.15, 0.2) is 10.2 Å². The molecule has 1 aliphatic rings. The molecule has 0 spiro atoms. The number of nitrogens with zero attached hydrogens (tertiary/aromatic N) is 4. The number of hydrogen-bond donors (Lipinski definition) is 1. The van der Waals surface area contributed by atoms with Crippen LogP contribution >= 0.6 is 23.1 Å². The van der Waals surface area contributed by atoms with Gasteiger partial charge >= 0.3 is 0 Å². The second-order valence-electron chi connectivity index (χ2n) is 5.48. The maximum atomic E-state index is 5.40. The summed E-state index contributed by atoms with van der Waals surface area (Å²) in [5.41, 5.74) is 1.04. The number of hydrogen-bond acceptors (Lipinski definition) is 8. The summed E-state index contributed by atoms with van der Waals surface area (Å²) in [6, 6.07) is 8.36. The van der Waals surface area contributed by atoms with Crippen LogP contribution in [-0.2, 0) is 5.75 Å². The third-order valence-electron chi connectivity index (χ3n) is 3.89. The van der Waals surface area contributed by atoms with Crippen LogP contribution in [0.2, 0.25) is 0 Å². The van der Waals surface area contributed by atoms with Gasteiger partial charge in [-0.3, -0.25) is 4.90 Å². The van der Waals surface area contributed by atoms with Crippen LogP contribution in [0.4, 0.5) is 0 Å². The van der Waals surface area contributed by atoms with Crippen LogP contribution in [0.5, 0.6) is 0 Å². The highest BCUT2D eigenvalue weighted by Gasteiger charge is 2.25. The van der Waals surface area contributed by atoms with Crippen LogP contribution < -0.4 is 5.32 Å². The van der Waals surface area contributed by atoms with Gasteiger partial charge in [0.1, 0.15) is 0 Å². The molecule has 4 rings (SSSR count). The van der Waals surface area contributed by atoms with E-state index in [1.807, 2.05) is 18.2 Å². The van der Waals surface area contributed by atoms with E-state index < -0.39 is 0 Å². The largest absolute Gasteiger partial charge is 0.338 e. The van der Waals surface area contributed by atoms with Gasteiger partial charge in [0, 0.05) is 19.6 Å². The number of piperazine rings is 1. The molecule has 3 heterocycles. The molecule has 3 aromatic rings. The molecule has 1 N–H and O–H groups in total. The Morgan fingerprint density at radius 3 is 3.17 bits per heavy atom. The highest BCUT2D eigenvalue weighted by molar-refractivity contribution is 8.00. The summed E-state index contributed by atoms with van der Waals surface area (Å²) in [6.45, 7) is 2.86. The van der Waals surface area contributed by atoms with E-state index in [1.54, 1.807) is 23.1 Å². The fourth-order valence-electron chi connectivity index (χ4n) is 2.59. The summed E-state index contributed by atoms with van der Waals surface area (Å²) < 4.78 is 7.64. The Labute approximate surface area is 142 Å². The number of benzene rings is 1. The summed E-state index contributed by atoms with van der Waals surface area (Å²) >= 11 is 3.34.